The summed E-state index contributed by atoms with van der Waals surface area (Å²) < 4.78 is 4.90. The van der Waals surface area contributed by atoms with Crippen LogP contribution in [0.2, 0.25) is 0 Å². The maximum Gasteiger partial charge on any atom is 0.339 e. The molecular weight excluding hydrogens is 366 g/mol. The monoisotopic (exact) mass is 387 g/mol. The number of hydrogen-bond acceptors (Lipinski definition) is 8. The third-order valence-corrected chi connectivity index (χ3v) is 4.17. The van der Waals surface area contributed by atoms with Gasteiger partial charge in [-0.2, -0.15) is 0 Å². The molecule has 0 saturated carbocycles. The number of likely N-dealkylation sites (N-methyl/N-ethyl adjacent to an activating group) is 3. The highest BCUT2D eigenvalue weighted by Crippen LogP contribution is 2.26. The molecule has 4 N–H and O–H groups in total. The van der Waals surface area contributed by atoms with Crippen LogP contribution in [0, 0.1) is 0 Å². The molecule has 0 radical (unpaired) electrons. The minimum Gasteiger partial charge on any atom is -0.478 e. The van der Waals surface area contributed by atoms with Crippen LogP contribution in [0.15, 0.2) is 40.9 Å². The Labute approximate surface area is 161 Å². The molecule has 0 heterocycles. The highest BCUT2D eigenvalue weighted by atomic mass is 16.5. The molecule has 0 unspecified atom stereocenters. The molecule has 28 heavy (non-hydrogen) atoms. The van der Waals surface area contributed by atoms with E-state index in [1.165, 1.54) is 33.2 Å². The van der Waals surface area contributed by atoms with Crippen LogP contribution in [-0.2, 0) is 20.8 Å². The number of carboxylic acids is 1. The third kappa shape index (κ3) is 3.88. The molecule has 0 aromatic heterocycles. The van der Waals surface area contributed by atoms with Gasteiger partial charge in [-0.1, -0.05) is 6.07 Å². The molecular formula is C19H21N3O6. The second-order valence-corrected chi connectivity index (χ2v) is 5.92. The van der Waals surface area contributed by atoms with Gasteiger partial charge in [0.2, 0.25) is 11.6 Å². The molecule has 0 amide bonds. The number of aromatic carboxylic acids is 1. The Hall–Kier alpha value is -3.62. The minimum atomic E-state index is -1.28. The average Bonchev–Trinajstić information content (AvgIpc) is 2.64. The van der Waals surface area contributed by atoms with Gasteiger partial charge in [0.25, 0.3) is 0 Å². The van der Waals surface area contributed by atoms with Gasteiger partial charge < -0.3 is 25.8 Å². The normalized spacial score (nSPS) is 14.1. The van der Waals surface area contributed by atoms with E-state index in [1.807, 2.05) is 0 Å². The minimum absolute atomic E-state index is 0.0174. The molecule has 2 rings (SSSR count). The lowest BCUT2D eigenvalue weighted by atomic mass is 9.89. The molecule has 1 aromatic rings. The zero-order chi connectivity index (χ0) is 21.0. The number of hydrogen-bond donors (Lipinski definition) is 4. The molecule has 0 aliphatic heterocycles. The van der Waals surface area contributed by atoms with Crippen LogP contribution in [0.3, 0.4) is 0 Å². The van der Waals surface area contributed by atoms with E-state index >= 15 is 0 Å². The number of carbonyl (C=O) groups is 4. The maximum atomic E-state index is 12.9. The summed E-state index contributed by atoms with van der Waals surface area (Å²) in [6, 6.07) is 4.21. The first-order valence-corrected chi connectivity index (χ1v) is 8.39. The Bertz CT molecular complexity index is 930. The Balaban J connectivity index is 2.50. The number of allylic oxidation sites excluding steroid dienone is 1. The van der Waals surface area contributed by atoms with Gasteiger partial charge >= 0.3 is 11.9 Å². The van der Waals surface area contributed by atoms with Crippen LogP contribution < -0.4 is 20.7 Å². The largest absolute Gasteiger partial charge is 0.478 e. The number of rotatable bonds is 7. The van der Waals surface area contributed by atoms with E-state index in [0.29, 0.717) is 5.56 Å². The van der Waals surface area contributed by atoms with E-state index in [-0.39, 0.29) is 52.0 Å². The van der Waals surface area contributed by atoms with Crippen molar-refractivity contribution in [2.45, 2.75) is 13.3 Å². The Morgan fingerprint density at radius 1 is 0.964 bits per heavy atom. The molecule has 1 aliphatic carbocycles. The van der Waals surface area contributed by atoms with Crippen molar-refractivity contribution in [3.8, 4) is 5.75 Å². The first-order valence-electron chi connectivity index (χ1n) is 8.39. The first-order chi connectivity index (χ1) is 13.2. The Morgan fingerprint density at radius 2 is 1.54 bits per heavy atom. The van der Waals surface area contributed by atoms with Gasteiger partial charge in [0.15, 0.2) is 0 Å². The van der Waals surface area contributed by atoms with E-state index in [4.69, 9.17) is 4.74 Å². The molecule has 9 heteroatoms. The first kappa shape index (κ1) is 20.7. The van der Waals surface area contributed by atoms with Gasteiger partial charge in [0.05, 0.1) is 5.70 Å². The second kappa shape index (κ2) is 8.38. The van der Waals surface area contributed by atoms with E-state index in [1.54, 1.807) is 13.1 Å². The Morgan fingerprint density at radius 3 is 2.04 bits per heavy atom. The maximum absolute atomic E-state index is 12.9. The lowest BCUT2D eigenvalue weighted by Crippen LogP contribution is -2.38. The summed E-state index contributed by atoms with van der Waals surface area (Å²) in [5, 5.41) is 17.6. The molecule has 0 saturated heterocycles. The van der Waals surface area contributed by atoms with E-state index < -0.39 is 11.9 Å². The van der Waals surface area contributed by atoms with Gasteiger partial charge in [-0.3, -0.25) is 14.4 Å². The Kier molecular flexibility index (Phi) is 6.19. The summed E-state index contributed by atoms with van der Waals surface area (Å²) in [5.41, 5.74) is 0.880. The summed E-state index contributed by atoms with van der Waals surface area (Å²) in [6.45, 7) is 1.17. The van der Waals surface area contributed by atoms with Crippen molar-refractivity contribution in [3.05, 3.63) is 52.0 Å². The SMILES string of the molecule is CNC1=C(Cc2ccc(OC(C)=O)c(C(=O)O)c2)C(=O)C(NC)=C(NC)C1=O. The molecule has 0 fully saturated rings. The number of carbonyl (C=O) groups excluding carboxylic acids is 3. The van der Waals surface area contributed by atoms with Gasteiger partial charge in [0, 0.05) is 40.1 Å². The van der Waals surface area contributed by atoms with E-state index in [2.05, 4.69) is 16.0 Å². The predicted molar refractivity (Wildman–Crippen MR) is 99.7 cm³/mol. The van der Waals surface area contributed by atoms with Gasteiger partial charge in [-0.05, 0) is 17.7 Å². The molecule has 1 aromatic carbocycles. The fraction of sp³-hybridized carbons (Fsp3) is 0.263. The van der Waals surface area contributed by atoms with E-state index in [0.717, 1.165) is 0 Å². The number of esters is 1. The fourth-order valence-corrected chi connectivity index (χ4v) is 2.97. The number of carboxylic acid groups (broad SMARTS) is 1. The zero-order valence-electron chi connectivity index (χ0n) is 15.9. The van der Waals surface area contributed by atoms with Crippen molar-refractivity contribution in [1.29, 1.82) is 0 Å². The standard InChI is InChI=1S/C19H21N3O6/c1-9(23)28-13-6-5-10(7-11(13)19(26)27)8-12-14(20-2)18(25)16(22-4)15(21-3)17(12)24/h5-7,20-22H,8H2,1-4H3,(H,26,27). The number of nitrogens with one attached hydrogen (secondary N) is 3. The predicted octanol–water partition coefficient (Wildman–Crippen LogP) is 0.128. The summed E-state index contributed by atoms with van der Waals surface area (Å²) in [7, 11) is 4.61. The van der Waals surface area contributed by atoms with Crippen LogP contribution >= 0.6 is 0 Å². The van der Waals surface area contributed by atoms with Crippen LogP contribution in [0.1, 0.15) is 22.8 Å². The quantitative estimate of drug-likeness (QED) is 0.292. The fourth-order valence-electron chi connectivity index (χ4n) is 2.97. The number of Topliss-reactive ketones (excluding diaryl/α,β-unsaturated/α-hetero) is 2. The molecule has 1 aliphatic rings. The number of benzene rings is 1. The smallest absolute Gasteiger partial charge is 0.339 e. The molecule has 148 valence electrons. The van der Waals surface area contributed by atoms with Crippen molar-refractivity contribution < 1.29 is 29.0 Å². The highest BCUT2D eigenvalue weighted by molar-refractivity contribution is 6.24. The van der Waals surface area contributed by atoms with Gasteiger partial charge in [-0.15, -0.1) is 0 Å². The molecule has 9 nitrogen and oxygen atoms in total. The van der Waals surface area contributed by atoms with Crippen LogP contribution in [-0.4, -0.2) is 49.8 Å². The second-order valence-electron chi connectivity index (χ2n) is 5.92. The summed E-state index contributed by atoms with van der Waals surface area (Å²) in [6.07, 6.45) is 0.0174. The van der Waals surface area contributed by atoms with Gasteiger partial charge in [0.1, 0.15) is 22.7 Å². The summed E-state index contributed by atoms with van der Waals surface area (Å²) in [5.74, 6) is -2.77. The van der Waals surface area contributed by atoms with Crippen molar-refractivity contribution in [2.75, 3.05) is 21.1 Å². The third-order valence-electron chi connectivity index (χ3n) is 4.17. The number of ether oxygens (including phenoxy) is 1. The zero-order valence-corrected chi connectivity index (χ0v) is 15.9. The van der Waals surface area contributed by atoms with E-state index in [9.17, 15) is 24.3 Å². The van der Waals surface area contributed by atoms with Gasteiger partial charge in [-0.25, -0.2) is 4.79 Å². The summed E-state index contributed by atoms with van der Waals surface area (Å²) >= 11 is 0. The van der Waals surface area contributed by atoms with Crippen molar-refractivity contribution in [3.63, 3.8) is 0 Å². The van der Waals surface area contributed by atoms with Crippen LogP contribution in [0.25, 0.3) is 0 Å². The van der Waals surface area contributed by atoms with Crippen molar-refractivity contribution in [1.82, 2.24) is 16.0 Å². The summed E-state index contributed by atoms with van der Waals surface area (Å²) in [4.78, 5) is 48.2. The lowest BCUT2D eigenvalue weighted by molar-refractivity contribution is -0.131. The van der Waals surface area contributed by atoms with Crippen LogP contribution in [0.4, 0.5) is 0 Å². The molecule has 0 spiro atoms. The molecule has 0 atom stereocenters. The highest BCUT2D eigenvalue weighted by Gasteiger charge is 2.33. The lowest BCUT2D eigenvalue weighted by Gasteiger charge is -2.23. The van der Waals surface area contributed by atoms with Crippen LogP contribution in [0.5, 0.6) is 5.75 Å². The topological polar surface area (TPSA) is 134 Å². The number of ketones is 2. The molecule has 0 bridgehead atoms. The average molecular weight is 387 g/mol. The van der Waals surface area contributed by atoms with Crippen molar-refractivity contribution in [2.24, 2.45) is 0 Å². The van der Waals surface area contributed by atoms with Crippen molar-refractivity contribution >= 4 is 23.5 Å².